The minimum absolute atomic E-state index is 0.660. The SMILES string of the molecule is Cc1csc(Cn2ncc(I)c2N)n1. The third-order valence-corrected chi connectivity index (χ3v) is 3.57. The van der Waals surface area contributed by atoms with Crippen molar-refractivity contribution in [2.75, 3.05) is 5.73 Å². The molecule has 0 fully saturated rings. The predicted molar refractivity (Wildman–Crippen MR) is 65.3 cm³/mol. The van der Waals surface area contributed by atoms with E-state index in [0.717, 1.165) is 14.3 Å². The molecule has 2 aromatic heterocycles. The van der Waals surface area contributed by atoms with Crippen LogP contribution in [0.4, 0.5) is 5.82 Å². The second kappa shape index (κ2) is 3.85. The third-order valence-electron chi connectivity index (χ3n) is 1.78. The lowest BCUT2D eigenvalue weighted by Gasteiger charge is -2.00. The van der Waals surface area contributed by atoms with Gasteiger partial charge < -0.3 is 5.73 Å². The van der Waals surface area contributed by atoms with Crippen LogP contribution in [0.1, 0.15) is 10.7 Å². The summed E-state index contributed by atoms with van der Waals surface area (Å²) in [6.45, 7) is 2.64. The van der Waals surface area contributed by atoms with E-state index in [4.69, 9.17) is 5.73 Å². The fourth-order valence-corrected chi connectivity index (χ4v) is 2.26. The van der Waals surface area contributed by atoms with E-state index in [9.17, 15) is 0 Å². The summed E-state index contributed by atoms with van der Waals surface area (Å²) < 4.78 is 2.75. The van der Waals surface area contributed by atoms with Crippen molar-refractivity contribution in [3.63, 3.8) is 0 Å². The molecular weight excluding hydrogens is 311 g/mol. The minimum Gasteiger partial charge on any atom is -0.383 e. The number of halogens is 1. The summed E-state index contributed by atoms with van der Waals surface area (Å²) in [6, 6.07) is 0. The second-order valence-corrected chi connectivity index (χ2v) is 5.02. The molecule has 0 saturated heterocycles. The Balaban J connectivity index is 2.22. The Bertz CT molecular complexity index is 448. The molecule has 0 aliphatic heterocycles. The van der Waals surface area contributed by atoms with Gasteiger partial charge in [-0.2, -0.15) is 5.10 Å². The van der Waals surface area contributed by atoms with Crippen LogP contribution in [0.25, 0.3) is 0 Å². The first-order valence-corrected chi connectivity index (χ1v) is 6.00. The lowest BCUT2D eigenvalue weighted by Crippen LogP contribution is -2.05. The van der Waals surface area contributed by atoms with Crippen LogP contribution >= 0.6 is 33.9 Å². The Morgan fingerprint density at radius 1 is 1.64 bits per heavy atom. The van der Waals surface area contributed by atoms with Gasteiger partial charge in [0.05, 0.1) is 16.3 Å². The van der Waals surface area contributed by atoms with E-state index < -0.39 is 0 Å². The van der Waals surface area contributed by atoms with Gasteiger partial charge in [-0.3, -0.25) is 0 Å². The summed E-state index contributed by atoms with van der Waals surface area (Å²) >= 11 is 3.80. The number of anilines is 1. The van der Waals surface area contributed by atoms with E-state index in [1.807, 2.05) is 12.3 Å². The van der Waals surface area contributed by atoms with Gasteiger partial charge >= 0.3 is 0 Å². The summed E-state index contributed by atoms with van der Waals surface area (Å²) in [7, 11) is 0. The molecule has 6 heteroatoms. The predicted octanol–water partition coefficient (Wildman–Crippen LogP) is 1.88. The Morgan fingerprint density at radius 3 is 2.93 bits per heavy atom. The van der Waals surface area contributed by atoms with Crippen LogP contribution in [0.2, 0.25) is 0 Å². The van der Waals surface area contributed by atoms with Crippen molar-refractivity contribution in [1.29, 1.82) is 0 Å². The molecule has 0 amide bonds. The summed E-state index contributed by atoms with van der Waals surface area (Å²) in [6.07, 6.45) is 1.76. The first kappa shape index (κ1) is 9.91. The van der Waals surface area contributed by atoms with Crippen molar-refractivity contribution in [1.82, 2.24) is 14.8 Å². The molecule has 0 radical (unpaired) electrons. The van der Waals surface area contributed by atoms with E-state index >= 15 is 0 Å². The molecule has 0 aromatic carbocycles. The summed E-state index contributed by atoms with van der Waals surface area (Å²) in [5, 5.41) is 7.23. The molecule has 74 valence electrons. The molecule has 2 aromatic rings. The van der Waals surface area contributed by atoms with Crippen LogP contribution < -0.4 is 5.73 Å². The van der Waals surface area contributed by atoms with E-state index in [1.54, 1.807) is 22.2 Å². The van der Waals surface area contributed by atoms with Gasteiger partial charge in [0.15, 0.2) is 0 Å². The summed E-state index contributed by atoms with van der Waals surface area (Å²) in [5.74, 6) is 0.707. The highest BCUT2D eigenvalue weighted by Gasteiger charge is 2.06. The molecule has 0 aliphatic carbocycles. The van der Waals surface area contributed by atoms with Gasteiger partial charge in [-0.15, -0.1) is 11.3 Å². The van der Waals surface area contributed by atoms with Crippen molar-refractivity contribution >= 4 is 39.7 Å². The zero-order valence-electron chi connectivity index (χ0n) is 7.57. The number of hydrogen-bond donors (Lipinski definition) is 1. The standard InChI is InChI=1S/C8H9IN4S/c1-5-4-14-7(12-5)3-13-8(10)6(9)2-11-13/h2,4H,3,10H2,1H3. The number of rotatable bonds is 2. The molecule has 0 unspecified atom stereocenters. The smallest absolute Gasteiger partial charge is 0.135 e. The fraction of sp³-hybridized carbons (Fsp3) is 0.250. The minimum atomic E-state index is 0.660. The van der Waals surface area contributed by atoms with Crippen molar-refractivity contribution in [3.05, 3.63) is 25.8 Å². The van der Waals surface area contributed by atoms with Gasteiger partial charge in [-0.25, -0.2) is 9.67 Å². The topological polar surface area (TPSA) is 56.7 Å². The third kappa shape index (κ3) is 1.90. The van der Waals surface area contributed by atoms with Crippen molar-refractivity contribution in [2.45, 2.75) is 13.5 Å². The lowest BCUT2D eigenvalue weighted by atomic mass is 10.5. The number of nitrogens with two attached hydrogens (primary N) is 1. The summed E-state index contributed by atoms with van der Waals surface area (Å²) in [5.41, 5.74) is 6.87. The van der Waals surface area contributed by atoms with Gasteiger partial charge in [0.2, 0.25) is 0 Å². The van der Waals surface area contributed by atoms with Crippen LogP contribution in [0.3, 0.4) is 0 Å². The highest BCUT2D eigenvalue weighted by Crippen LogP contribution is 2.16. The number of aryl methyl sites for hydroxylation is 1. The first-order valence-electron chi connectivity index (χ1n) is 4.04. The molecule has 0 saturated carbocycles. The van der Waals surface area contributed by atoms with Crippen molar-refractivity contribution in [2.24, 2.45) is 0 Å². The maximum absolute atomic E-state index is 5.83. The van der Waals surface area contributed by atoms with E-state index in [2.05, 4.69) is 32.7 Å². The number of aromatic nitrogens is 3. The fourth-order valence-electron chi connectivity index (χ4n) is 1.10. The Morgan fingerprint density at radius 2 is 2.43 bits per heavy atom. The molecule has 0 spiro atoms. The van der Waals surface area contributed by atoms with Crippen LogP contribution in [0.5, 0.6) is 0 Å². The van der Waals surface area contributed by atoms with Crippen molar-refractivity contribution < 1.29 is 0 Å². The van der Waals surface area contributed by atoms with Gasteiger partial charge in [-0.1, -0.05) is 0 Å². The highest BCUT2D eigenvalue weighted by atomic mass is 127. The molecule has 2 N–H and O–H groups in total. The molecule has 2 heterocycles. The summed E-state index contributed by atoms with van der Waals surface area (Å²) in [4.78, 5) is 4.36. The number of thiazole rings is 1. The van der Waals surface area contributed by atoms with Gasteiger partial charge in [0.25, 0.3) is 0 Å². The average molecular weight is 320 g/mol. The zero-order valence-corrected chi connectivity index (χ0v) is 10.5. The molecule has 0 aliphatic rings. The van der Waals surface area contributed by atoms with Crippen LogP contribution in [-0.4, -0.2) is 14.8 Å². The Labute approximate surface area is 99.3 Å². The zero-order chi connectivity index (χ0) is 10.1. The average Bonchev–Trinajstić information content (AvgIpc) is 2.67. The first-order chi connectivity index (χ1) is 6.66. The monoisotopic (exact) mass is 320 g/mol. The van der Waals surface area contributed by atoms with Gasteiger partial charge in [0.1, 0.15) is 10.8 Å². The van der Waals surface area contributed by atoms with Gasteiger partial charge in [0, 0.05) is 11.1 Å². The second-order valence-electron chi connectivity index (χ2n) is 2.92. The van der Waals surface area contributed by atoms with E-state index in [1.165, 1.54) is 0 Å². The number of hydrogen-bond acceptors (Lipinski definition) is 4. The highest BCUT2D eigenvalue weighted by molar-refractivity contribution is 14.1. The number of nitrogen functional groups attached to an aromatic ring is 1. The molecule has 0 bridgehead atoms. The molecule has 14 heavy (non-hydrogen) atoms. The van der Waals surface area contributed by atoms with Crippen molar-refractivity contribution in [3.8, 4) is 0 Å². The Hall–Kier alpha value is -0.630. The van der Waals surface area contributed by atoms with Gasteiger partial charge in [-0.05, 0) is 29.5 Å². The largest absolute Gasteiger partial charge is 0.383 e. The molecule has 0 atom stereocenters. The molecular formula is C8H9IN4S. The molecule has 4 nitrogen and oxygen atoms in total. The normalized spacial score (nSPS) is 10.7. The quantitative estimate of drug-likeness (QED) is 0.860. The van der Waals surface area contributed by atoms with E-state index in [-0.39, 0.29) is 0 Å². The van der Waals surface area contributed by atoms with E-state index in [0.29, 0.717) is 12.4 Å². The Kier molecular flexibility index (Phi) is 2.73. The maximum Gasteiger partial charge on any atom is 0.135 e. The maximum atomic E-state index is 5.83. The van der Waals surface area contributed by atoms with Crippen LogP contribution in [-0.2, 0) is 6.54 Å². The lowest BCUT2D eigenvalue weighted by molar-refractivity contribution is 0.692. The van der Waals surface area contributed by atoms with Crippen LogP contribution in [0, 0.1) is 10.5 Å². The number of nitrogens with zero attached hydrogens (tertiary/aromatic N) is 3. The van der Waals surface area contributed by atoms with Crippen LogP contribution in [0.15, 0.2) is 11.6 Å². The molecule has 2 rings (SSSR count).